The molecule has 1 amide bonds. The van der Waals surface area contributed by atoms with Crippen molar-refractivity contribution in [1.29, 1.82) is 0 Å². The molecule has 2 atom stereocenters. The average molecular weight is 383 g/mol. The summed E-state index contributed by atoms with van der Waals surface area (Å²) in [6.45, 7) is 0.987. The highest BCUT2D eigenvalue weighted by molar-refractivity contribution is 5.81. The van der Waals surface area contributed by atoms with Crippen molar-refractivity contribution in [3.05, 3.63) is 40.9 Å². The lowest BCUT2D eigenvalue weighted by atomic mass is 9.75. The number of para-hydroxylation sites is 1. The molecule has 7 heteroatoms. The summed E-state index contributed by atoms with van der Waals surface area (Å²) in [6.07, 6.45) is 7.38. The van der Waals surface area contributed by atoms with Crippen LogP contribution in [0.5, 0.6) is 0 Å². The van der Waals surface area contributed by atoms with Crippen LogP contribution in [-0.4, -0.2) is 46.0 Å². The van der Waals surface area contributed by atoms with Gasteiger partial charge in [-0.1, -0.05) is 31.4 Å². The first-order valence-electron chi connectivity index (χ1n) is 9.99. The van der Waals surface area contributed by atoms with Crippen LogP contribution in [0.4, 0.5) is 0 Å². The van der Waals surface area contributed by atoms with Gasteiger partial charge >= 0.3 is 5.97 Å². The molecule has 1 aromatic carbocycles. The Hall–Kier alpha value is -2.70. The van der Waals surface area contributed by atoms with E-state index >= 15 is 0 Å². The van der Waals surface area contributed by atoms with Crippen molar-refractivity contribution in [3.8, 4) is 0 Å². The molecule has 0 spiro atoms. The zero-order valence-corrected chi connectivity index (χ0v) is 15.9. The normalized spacial score (nSPS) is 21.9. The summed E-state index contributed by atoms with van der Waals surface area (Å²) < 4.78 is 6.36. The van der Waals surface area contributed by atoms with Crippen LogP contribution in [0.15, 0.2) is 35.4 Å². The van der Waals surface area contributed by atoms with Gasteiger partial charge in [0.15, 0.2) is 6.61 Å². The number of hydrogen-bond acceptors (Lipinski definition) is 5. The first-order valence-corrected chi connectivity index (χ1v) is 9.99. The van der Waals surface area contributed by atoms with E-state index in [9.17, 15) is 14.4 Å². The molecule has 1 aliphatic heterocycles. The minimum atomic E-state index is -0.611. The molecular weight excluding hydrogens is 358 g/mol. The number of ether oxygens (including phenoxy) is 1. The van der Waals surface area contributed by atoms with Crippen molar-refractivity contribution < 1.29 is 14.3 Å². The summed E-state index contributed by atoms with van der Waals surface area (Å²) in [5.41, 5.74) is 0.284. The molecule has 0 unspecified atom stereocenters. The van der Waals surface area contributed by atoms with E-state index < -0.39 is 5.97 Å². The largest absolute Gasteiger partial charge is 0.454 e. The Morgan fingerprint density at radius 1 is 1.11 bits per heavy atom. The number of likely N-dealkylation sites (tertiary alicyclic amines) is 1. The van der Waals surface area contributed by atoms with E-state index in [1.807, 2.05) is 4.90 Å². The highest BCUT2D eigenvalue weighted by Gasteiger charge is 2.33. The molecule has 2 aromatic rings. The number of hydrogen-bond donors (Lipinski definition) is 0. The van der Waals surface area contributed by atoms with Crippen molar-refractivity contribution in [3.63, 3.8) is 0 Å². The standard InChI is InChI=1S/C21H25N3O4/c25-19(23-10-9-15-5-1-2-6-16(15)11-23)13-28-20(26)12-24-14-22-18-8-4-3-7-17(18)21(24)27/h3-4,7-8,14-16H,1-2,5-6,9-13H2/t15-,16-/m0/s1. The smallest absolute Gasteiger partial charge is 0.326 e. The molecule has 0 bridgehead atoms. The lowest BCUT2D eigenvalue weighted by Gasteiger charge is -2.41. The van der Waals surface area contributed by atoms with Gasteiger partial charge in [0.25, 0.3) is 11.5 Å². The molecule has 1 saturated heterocycles. The fourth-order valence-corrected chi connectivity index (χ4v) is 4.46. The number of carbonyl (C=O) groups is 2. The minimum Gasteiger partial charge on any atom is -0.454 e. The Kier molecular flexibility index (Phi) is 5.41. The molecular formula is C21H25N3O4. The summed E-state index contributed by atoms with van der Waals surface area (Å²) in [6, 6.07) is 6.97. The van der Waals surface area contributed by atoms with Crippen molar-refractivity contribution in [2.75, 3.05) is 19.7 Å². The van der Waals surface area contributed by atoms with E-state index in [1.54, 1.807) is 24.3 Å². The highest BCUT2D eigenvalue weighted by Crippen LogP contribution is 2.35. The van der Waals surface area contributed by atoms with Crippen molar-refractivity contribution in [2.24, 2.45) is 11.8 Å². The number of rotatable bonds is 4. The van der Waals surface area contributed by atoms with Gasteiger partial charge in [-0.05, 0) is 36.8 Å². The van der Waals surface area contributed by atoms with Crippen molar-refractivity contribution >= 4 is 22.8 Å². The maximum atomic E-state index is 12.4. The molecule has 1 aliphatic carbocycles. The Morgan fingerprint density at radius 2 is 1.89 bits per heavy atom. The number of fused-ring (bicyclic) bond motifs is 2. The Bertz CT molecular complexity index is 939. The third-order valence-corrected chi connectivity index (χ3v) is 6.03. The van der Waals surface area contributed by atoms with Gasteiger partial charge in [-0.15, -0.1) is 0 Å². The van der Waals surface area contributed by atoms with Crippen molar-refractivity contribution in [1.82, 2.24) is 14.5 Å². The van der Waals surface area contributed by atoms with E-state index in [0.29, 0.717) is 16.8 Å². The summed E-state index contributed by atoms with van der Waals surface area (Å²) >= 11 is 0. The number of amides is 1. The lowest BCUT2D eigenvalue weighted by molar-refractivity contribution is -0.153. The SMILES string of the molecule is O=C(Cn1cnc2ccccc2c1=O)OCC(=O)N1CC[C@@H]2CCCC[C@H]2C1. The quantitative estimate of drug-likeness (QED) is 0.754. The van der Waals surface area contributed by atoms with Gasteiger partial charge in [-0.3, -0.25) is 19.0 Å². The molecule has 4 rings (SSSR count). The molecule has 1 saturated carbocycles. The second-order valence-electron chi connectivity index (χ2n) is 7.79. The second-order valence-corrected chi connectivity index (χ2v) is 7.79. The van der Waals surface area contributed by atoms with Gasteiger partial charge in [0, 0.05) is 13.1 Å². The van der Waals surface area contributed by atoms with E-state index in [2.05, 4.69) is 4.98 Å². The van der Waals surface area contributed by atoms with Crippen LogP contribution in [0.25, 0.3) is 10.9 Å². The van der Waals surface area contributed by atoms with Crippen molar-refractivity contribution in [2.45, 2.75) is 38.6 Å². The summed E-state index contributed by atoms with van der Waals surface area (Å²) in [5.74, 6) is 0.568. The summed E-state index contributed by atoms with van der Waals surface area (Å²) in [5, 5.41) is 0.448. The molecule has 2 heterocycles. The summed E-state index contributed by atoms with van der Waals surface area (Å²) in [7, 11) is 0. The predicted octanol–water partition coefficient (Wildman–Crippen LogP) is 1.98. The number of piperidine rings is 1. The highest BCUT2D eigenvalue weighted by atomic mass is 16.5. The molecule has 7 nitrogen and oxygen atoms in total. The zero-order chi connectivity index (χ0) is 19.5. The van der Waals surface area contributed by atoms with Crippen LogP contribution >= 0.6 is 0 Å². The van der Waals surface area contributed by atoms with Crippen LogP contribution in [-0.2, 0) is 20.9 Å². The Labute approximate surface area is 163 Å². The number of nitrogens with zero attached hydrogens (tertiary/aromatic N) is 3. The molecule has 28 heavy (non-hydrogen) atoms. The first-order chi connectivity index (χ1) is 13.6. The Morgan fingerprint density at radius 3 is 2.75 bits per heavy atom. The zero-order valence-electron chi connectivity index (χ0n) is 15.9. The fourth-order valence-electron chi connectivity index (χ4n) is 4.46. The van der Waals surface area contributed by atoms with Gasteiger partial charge in [-0.25, -0.2) is 4.98 Å². The average Bonchev–Trinajstić information content (AvgIpc) is 2.74. The minimum absolute atomic E-state index is 0.152. The molecule has 148 valence electrons. The molecule has 0 N–H and O–H groups in total. The number of benzene rings is 1. The third-order valence-electron chi connectivity index (χ3n) is 6.03. The predicted molar refractivity (Wildman–Crippen MR) is 104 cm³/mol. The topological polar surface area (TPSA) is 81.5 Å². The number of esters is 1. The fraction of sp³-hybridized carbons (Fsp3) is 0.524. The maximum Gasteiger partial charge on any atom is 0.326 e. The van der Waals surface area contributed by atoms with Gasteiger partial charge < -0.3 is 9.64 Å². The molecule has 2 fully saturated rings. The van der Waals surface area contributed by atoms with Gasteiger partial charge in [0.05, 0.1) is 17.2 Å². The molecule has 1 aromatic heterocycles. The van der Waals surface area contributed by atoms with Gasteiger partial charge in [0.1, 0.15) is 6.54 Å². The van der Waals surface area contributed by atoms with E-state index in [0.717, 1.165) is 25.4 Å². The maximum absolute atomic E-state index is 12.4. The lowest BCUT2D eigenvalue weighted by Crippen LogP contribution is -2.46. The second kappa shape index (κ2) is 8.12. The van der Waals surface area contributed by atoms with E-state index in [-0.39, 0.29) is 24.6 Å². The van der Waals surface area contributed by atoms with Crippen LogP contribution in [0, 0.1) is 11.8 Å². The van der Waals surface area contributed by atoms with E-state index in [1.165, 1.54) is 36.6 Å². The van der Waals surface area contributed by atoms with Crippen LogP contribution < -0.4 is 5.56 Å². The van der Waals surface area contributed by atoms with Crippen LogP contribution in [0.1, 0.15) is 32.1 Å². The monoisotopic (exact) mass is 383 g/mol. The Balaban J connectivity index is 1.31. The number of aromatic nitrogens is 2. The van der Waals surface area contributed by atoms with E-state index in [4.69, 9.17) is 4.74 Å². The van der Waals surface area contributed by atoms with Gasteiger partial charge in [0.2, 0.25) is 0 Å². The summed E-state index contributed by atoms with van der Waals surface area (Å²) in [4.78, 5) is 43.0. The number of carbonyl (C=O) groups excluding carboxylic acids is 2. The third kappa shape index (κ3) is 3.93. The molecule has 2 aliphatic rings. The first kappa shape index (κ1) is 18.7. The van der Waals surface area contributed by atoms with Crippen LogP contribution in [0.2, 0.25) is 0 Å². The molecule has 0 radical (unpaired) electrons. The van der Waals surface area contributed by atoms with Crippen LogP contribution in [0.3, 0.4) is 0 Å². The van der Waals surface area contributed by atoms with Gasteiger partial charge in [-0.2, -0.15) is 0 Å².